The summed E-state index contributed by atoms with van der Waals surface area (Å²) in [5, 5.41) is 2.14. The summed E-state index contributed by atoms with van der Waals surface area (Å²) in [4.78, 5) is 0. The SMILES string of the molecule is CP(C)(=O)C(P(C)(C)=S)P(=S)(c1ccccc1)c1ccccc1. The molecule has 23 heavy (non-hydrogen) atoms. The molecule has 0 aliphatic rings. The standard InChI is InChI=1S/C17H23OP3S2/c1-19(2,18)17(20(3,4)22)21(23,15-11-7-5-8-12-15)16-13-9-6-10-14-16/h5-14,17H,1-4H3. The molecule has 2 aromatic carbocycles. The molecule has 0 saturated heterocycles. The molecule has 0 N–H and O–H groups in total. The van der Waals surface area contributed by atoms with Crippen LogP contribution in [0, 0.1) is 0 Å². The Morgan fingerprint density at radius 1 is 0.739 bits per heavy atom. The van der Waals surface area contributed by atoms with Crippen LogP contribution in [0.5, 0.6) is 0 Å². The highest BCUT2D eigenvalue weighted by molar-refractivity contribution is 8.33. The first kappa shape index (κ1) is 19.3. The molecular weight excluding hydrogens is 377 g/mol. The van der Waals surface area contributed by atoms with Crippen molar-refractivity contribution >= 4 is 53.4 Å². The average Bonchev–Trinajstić information content (AvgIpc) is 2.46. The minimum atomic E-state index is -2.46. The minimum Gasteiger partial charge on any atom is -0.323 e. The first-order valence-electron chi connectivity index (χ1n) is 7.38. The number of rotatable bonds is 5. The zero-order chi connectivity index (χ0) is 17.3. The Morgan fingerprint density at radius 2 is 1.09 bits per heavy atom. The van der Waals surface area contributed by atoms with Gasteiger partial charge in [-0.25, -0.2) is 0 Å². The van der Waals surface area contributed by atoms with Gasteiger partial charge in [0.15, 0.2) is 0 Å². The molecule has 0 fully saturated rings. The van der Waals surface area contributed by atoms with Crippen LogP contribution < -0.4 is 10.6 Å². The predicted molar refractivity (Wildman–Crippen MR) is 116 cm³/mol. The summed E-state index contributed by atoms with van der Waals surface area (Å²) >= 11 is 12.3. The molecule has 0 heterocycles. The molecule has 1 nitrogen and oxygen atoms in total. The minimum absolute atomic E-state index is 0.0997. The van der Waals surface area contributed by atoms with Gasteiger partial charge in [-0.1, -0.05) is 84.3 Å². The quantitative estimate of drug-likeness (QED) is 0.674. The molecule has 0 aromatic heterocycles. The van der Waals surface area contributed by atoms with Crippen molar-refractivity contribution in [3.8, 4) is 0 Å². The van der Waals surface area contributed by atoms with Gasteiger partial charge in [-0.3, -0.25) is 0 Å². The molecule has 0 bridgehead atoms. The molecule has 1 unspecified atom stereocenters. The Bertz CT molecular complexity index is 741. The molecule has 124 valence electrons. The maximum atomic E-state index is 13.3. The smallest absolute Gasteiger partial charge is 0.0950 e. The lowest BCUT2D eigenvalue weighted by Gasteiger charge is -2.39. The van der Waals surface area contributed by atoms with E-state index in [1.165, 1.54) is 0 Å². The van der Waals surface area contributed by atoms with Gasteiger partial charge in [-0.2, -0.15) is 0 Å². The zero-order valence-corrected chi connectivity index (χ0v) is 18.2. The van der Waals surface area contributed by atoms with Crippen molar-refractivity contribution in [2.24, 2.45) is 0 Å². The van der Waals surface area contributed by atoms with Crippen LogP contribution in [0.25, 0.3) is 0 Å². The third-order valence-corrected chi connectivity index (χ3v) is 22.0. The van der Waals surface area contributed by atoms with E-state index in [4.69, 9.17) is 23.6 Å². The topological polar surface area (TPSA) is 17.1 Å². The van der Waals surface area contributed by atoms with E-state index in [1.807, 2.05) is 49.7 Å². The first-order valence-corrected chi connectivity index (χ1v) is 16.7. The second kappa shape index (κ2) is 7.07. The molecule has 2 rings (SSSR count). The van der Waals surface area contributed by atoms with Gasteiger partial charge in [0, 0.05) is 6.04 Å². The van der Waals surface area contributed by atoms with E-state index >= 15 is 0 Å². The van der Waals surface area contributed by atoms with Gasteiger partial charge in [0.05, 0.1) is 12.3 Å². The third kappa shape index (κ3) is 4.15. The number of hydrogen-bond acceptors (Lipinski definition) is 3. The Balaban J connectivity index is 2.86. The lowest BCUT2D eigenvalue weighted by atomic mass is 10.4. The fraction of sp³-hybridized carbons (Fsp3) is 0.294. The fourth-order valence-electron chi connectivity index (χ4n) is 3.17. The average molecular weight is 400 g/mol. The summed E-state index contributed by atoms with van der Waals surface area (Å²) in [5.41, 5.74) is 0. The van der Waals surface area contributed by atoms with Crippen LogP contribution in [-0.2, 0) is 28.2 Å². The van der Waals surface area contributed by atoms with Crippen molar-refractivity contribution in [3.05, 3.63) is 60.7 Å². The summed E-state index contributed by atoms with van der Waals surface area (Å²) in [6, 6.07) is 16.3. The molecule has 0 saturated carbocycles. The van der Waals surface area contributed by atoms with E-state index in [-0.39, 0.29) is 5.14 Å². The maximum absolute atomic E-state index is 13.3. The largest absolute Gasteiger partial charge is 0.323 e. The molecule has 6 heteroatoms. The molecule has 2 aromatic rings. The van der Waals surface area contributed by atoms with E-state index < -0.39 is 19.2 Å². The highest BCUT2D eigenvalue weighted by Gasteiger charge is 2.44. The lowest BCUT2D eigenvalue weighted by Crippen LogP contribution is -2.25. The van der Waals surface area contributed by atoms with E-state index in [0.29, 0.717) is 0 Å². The summed E-state index contributed by atoms with van der Waals surface area (Å²) < 4.78 is 13.3. The van der Waals surface area contributed by atoms with Crippen molar-refractivity contribution in [1.82, 2.24) is 0 Å². The van der Waals surface area contributed by atoms with Gasteiger partial charge >= 0.3 is 0 Å². The second-order valence-corrected chi connectivity index (χ2v) is 22.0. The van der Waals surface area contributed by atoms with E-state index in [2.05, 4.69) is 37.6 Å². The zero-order valence-electron chi connectivity index (χ0n) is 13.9. The fourth-order valence-corrected chi connectivity index (χ4v) is 27.2. The van der Waals surface area contributed by atoms with Crippen molar-refractivity contribution in [2.45, 2.75) is 5.14 Å². The summed E-state index contributed by atoms with van der Waals surface area (Å²) in [6.07, 6.45) is 0. The van der Waals surface area contributed by atoms with Gasteiger partial charge in [-0.05, 0) is 43.3 Å². The highest BCUT2D eigenvalue weighted by atomic mass is 32.5. The van der Waals surface area contributed by atoms with Crippen LogP contribution in [0.1, 0.15) is 0 Å². The highest BCUT2D eigenvalue weighted by Crippen LogP contribution is 2.76. The van der Waals surface area contributed by atoms with Crippen LogP contribution in [-0.4, -0.2) is 31.8 Å². The van der Waals surface area contributed by atoms with Crippen LogP contribution in [0.3, 0.4) is 0 Å². The summed E-state index contributed by atoms with van der Waals surface area (Å²) in [6.45, 7) is 7.91. The molecule has 0 aliphatic carbocycles. The van der Waals surface area contributed by atoms with E-state index in [1.54, 1.807) is 0 Å². The summed E-state index contributed by atoms with van der Waals surface area (Å²) in [7, 11) is -2.46. The van der Waals surface area contributed by atoms with Crippen molar-refractivity contribution in [2.75, 3.05) is 26.7 Å². The Labute approximate surface area is 150 Å². The van der Waals surface area contributed by atoms with Crippen LogP contribution in [0.2, 0.25) is 0 Å². The van der Waals surface area contributed by atoms with Crippen molar-refractivity contribution in [1.29, 1.82) is 0 Å². The Kier molecular flexibility index (Phi) is 5.93. The van der Waals surface area contributed by atoms with E-state index in [9.17, 15) is 4.57 Å². The molecule has 0 radical (unpaired) electrons. The number of hydrogen-bond donors (Lipinski definition) is 0. The van der Waals surface area contributed by atoms with Crippen LogP contribution in [0.15, 0.2) is 60.7 Å². The van der Waals surface area contributed by atoms with Gasteiger partial charge in [0.25, 0.3) is 0 Å². The molecule has 0 spiro atoms. The van der Waals surface area contributed by atoms with Gasteiger partial charge in [0.2, 0.25) is 0 Å². The Morgan fingerprint density at radius 3 is 1.35 bits per heavy atom. The van der Waals surface area contributed by atoms with Gasteiger partial charge < -0.3 is 4.57 Å². The van der Waals surface area contributed by atoms with Crippen molar-refractivity contribution in [3.63, 3.8) is 0 Å². The van der Waals surface area contributed by atoms with Crippen LogP contribution in [0.4, 0.5) is 0 Å². The predicted octanol–water partition coefficient (Wildman–Crippen LogP) is 4.76. The normalized spacial score (nSPS) is 14.4. The van der Waals surface area contributed by atoms with E-state index in [0.717, 1.165) is 10.6 Å². The summed E-state index contributed by atoms with van der Waals surface area (Å²) in [5.74, 6) is 0. The van der Waals surface area contributed by atoms with Gasteiger partial charge in [0.1, 0.15) is 0 Å². The Hall–Kier alpha value is -0.0300. The molecular formula is C17H23OP3S2. The third-order valence-electron chi connectivity index (χ3n) is 3.72. The number of benzene rings is 2. The van der Waals surface area contributed by atoms with Crippen molar-refractivity contribution < 1.29 is 4.57 Å². The maximum Gasteiger partial charge on any atom is 0.0950 e. The lowest BCUT2D eigenvalue weighted by molar-refractivity contribution is 0.584. The monoisotopic (exact) mass is 400 g/mol. The molecule has 1 atom stereocenters. The second-order valence-electron chi connectivity index (χ2n) is 6.54. The molecule has 0 aliphatic heterocycles. The van der Waals surface area contributed by atoms with Gasteiger partial charge in [-0.15, -0.1) is 0 Å². The first-order chi connectivity index (χ1) is 10.6. The van der Waals surface area contributed by atoms with Crippen LogP contribution >= 0.6 is 19.2 Å². The molecule has 0 amide bonds.